The zero-order chi connectivity index (χ0) is 14.7. The van der Waals surface area contributed by atoms with E-state index in [0.717, 1.165) is 5.56 Å². The molecule has 1 atom stereocenters. The number of anilines is 3. The number of hydrogen-bond donors (Lipinski definition) is 3. The molecule has 0 bridgehead atoms. The van der Waals surface area contributed by atoms with Crippen LogP contribution in [-0.4, -0.2) is 17.0 Å². The fourth-order valence-electron chi connectivity index (χ4n) is 1.90. The van der Waals surface area contributed by atoms with E-state index in [0.29, 0.717) is 16.7 Å². The third-order valence-electron chi connectivity index (χ3n) is 3.15. The molecule has 1 heterocycles. The summed E-state index contributed by atoms with van der Waals surface area (Å²) in [6.07, 6.45) is 0. The lowest BCUT2D eigenvalue weighted by Gasteiger charge is -2.26. The number of aromatic nitrogens is 2. The van der Waals surface area contributed by atoms with Gasteiger partial charge in [-0.05, 0) is 24.6 Å². The van der Waals surface area contributed by atoms with Crippen molar-refractivity contribution in [3.8, 4) is 0 Å². The van der Waals surface area contributed by atoms with E-state index in [1.807, 2.05) is 36.2 Å². The standard InChI is InChI=1S/C13H17ClN6/c1-8(9-4-3-5-10(14)6-9)20(2)12-7-11(19-16)17-13(15)18-12/h3-8H,16H2,1-2H3,(H3,15,17,18,19). The SMILES string of the molecule is CC(c1cccc(Cl)c1)N(C)c1cc(NN)nc(N)n1. The summed E-state index contributed by atoms with van der Waals surface area (Å²) in [4.78, 5) is 10.2. The highest BCUT2D eigenvalue weighted by Crippen LogP contribution is 2.26. The quantitative estimate of drug-likeness (QED) is 0.591. The van der Waals surface area contributed by atoms with E-state index < -0.39 is 0 Å². The van der Waals surface area contributed by atoms with Gasteiger partial charge in [-0.25, -0.2) is 5.84 Å². The maximum Gasteiger partial charge on any atom is 0.223 e. The second-order valence-electron chi connectivity index (χ2n) is 4.46. The Bertz CT molecular complexity index is 603. The zero-order valence-corrected chi connectivity index (χ0v) is 12.1. The minimum Gasteiger partial charge on any atom is -0.368 e. The maximum absolute atomic E-state index is 6.02. The normalized spacial score (nSPS) is 12.0. The summed E-state index contributed by atoms with van der Waals surface area (Å²) in [5.41, 5.74) is 9.22. The molecule has 6 nitrogen and oxygen atoms in total. The van der Waals surface area contributed by atoms with Crippen LogP contribution >= 0.6 is 11.6 Å². The van der Waals surface area contributed by atoms with Gasteiger partial charge in [-0.1, -0.05) is 23.7 Å². The second-order valence-corrected chi connectivity index (χ2v) is 4.89. The third-order valence-corrected chi connectivity index (χ3v) is 3.39. The molecule has 1 unspecified atom stereocenters. The summed E-state index contributed by atoms with van der Waals surface area (Å²) < 4.78 is 0. The van der Waals surface area contributed by atoms with Gasteiger partial charge in [-0.2, -0.15) is 9.97 Å². The molecule has 2 rings (SSSR count). The average molecular weight is 293 g/mol. The van der Waals surface area contributed by atoms with Crippen LogP contribution in [-0.2, 0) is 0 Å². The van der Waals surface area contributed by atoms with Crippen LogP contribution in [0.3, 0.4) is 0 Å². The van der Waals surface area contributed by atoms with E-state index in [1.54, 1.807) is 6.07 Å². The van der Waals surface area contributed by atoms with Crippen molar-refractivity contribution in [2.24, 2.45) is 5.84 Å². The fraction of sp³-hybridized carbons (Fsp3) is 0.231. The van der Waals surface area contributed by atoms with Gasteiger partial charge < -0.3 is 16.1 Å². The van der Waals surface area contributed by atoms with Crippen molar-refractivity contribution in [2.75, 3.05) is 23.1 Å². The van der Waals surface area contributed by atoms with E-state index in [4.69, 9.17) is 23.2 Å². The third kappa shape index (κ3) is 3.09. The van der Waals surface area contributed by atoms with Crippen LogP contribution in [0.5, 0.6) is 0 Å². The summed E-state index contributed by atoms with van der Waals surface area (Å²) in [5.74, 6) is 6.68. The zero-order valence-electron chi connectivity index (χ0n) is 11.3. The van der Waals surface area contributed by atoms with E-state index in [9.17, 15) is 0 Å². The Kier molecular flexibility index (Phi) is 4.26. The molecule has 0 aliphatic rings. The number of nitrogens with zero attached hydrogens (tertiary/aromatic N) is 3. The van der Waals surface area contributed by atoms with E-state index in [-0.39, 0.29) is 12.0 Å². The highest BCUT2D eigenvalue weighted by atomic mass is 35.5. The molecule has 5 N–H and O–H groups in total. The summed E-state index contributed by atoms with van der Waals surface area (Å²) in [7, 11) is 1.92. The fourth-order valence-corrected chi connectivity index (χ4v) is 2.09. The Morgan fingerprint density at radius 1 is 1.30 bits per heavy atom. The lowest BCUT2D eigenvalue weighted by atomic mass is 10.1. The number of hydrazine groups is 1. The number of nitrogens with two attached hydrogens (primary N) is 2. The van der Waals surface area contributed by atoms with E-state index in [1.165, 1.54) is 0 Å². The molecule has 0 spiro atoms. The summed E-state index contributed by atoms with van der Waals surface area (Å²) in [6, 6.07) is 9.51. The number of benzene rings is 1. The van der Waals surface area contributed by atoms with Gasteiger partial charge in [0.25, 0.3) is 0 Å². The van der Waals surface area contributed by atoms with Crippen LogP contribution in [0.15, 0.2) is 30.3 Å². The van der Waals surface area contributed by atoms with Crippen LogP contribution in [0.1, 0.15) is 18.5 Å². The number of hydrogen-bond acceptors (Lipinski definition) is 6. The highest BCUT2D eigenvalue weighted by Gasteiger charge is 2.15. The van der Waals surface area contributed by atoms with Crippen molar-refractivity contribution in [1.82, 2.24) is 9.97 Å². The molecule has 0 saturated carbocycles. The van der Waals surface area contributed by atoms with Crippen LogP contribution in [0.2, 0.25) is 5.02 Å². The van der Waals surface area contributed by atoms with Crippen molar-refractivity contribution < 1.29 is 0 Å². The van der Waals surface area contributed by atoms with Gasteiger partial charge in [-0.3, -0.25) is 0 Å². The van der Waals surface area contributed by atoms with Crippen molar-refractivity contribution in [2.45, 2.75) is 13.0 Å². The lowest BCUT2D eigenvalue weighted by Crippen LogP contribution is -2.23. The first-order chi connectivity index (χ1) is 9.51. The molecule has 0 aliphatic heterocycles. The Morgan fingerprint density at radius 2 is 2.05 bits per heavy atom. The molecule has 106 valence electrons. The molecule has 2 aromatic rings. The molecular formula is C13H17ClN6. The predicted molar refractivity (Wildman–Crippen MR) is 82.5 cm³/mol. The van der Waals surface area contributed by atoms with Gasteiger partial charge in [0.2, 0.25) is 5.95 Å². The Labute approximate surface area is 122 Å². The van der Waals surface area contributed by atoms with Gasteiger partial charge in [0.15, 0.2) is 0 Å². The van der Waals surface area contributed by atoms with E-state index in [2.05, 4.69) is 22.3 Å². The predicted octanol–water partition coefficient (Wildman–Crippen LogP) is 2.20. The topological polar surface area (TPSA) is 93.1 Å². The Morgan fingerprint density at radius 3 is 2.70 bits per heavy atom. The summed E-state index contributed by atoms with van der Waals surface area (Å²) >= 11 is 6.02. The lowest BCUT2D eigenvalue weighted by molar-refractivity contribution is 0.728. The van der Waals surface area contributed by atoms with Crippen LogP contribution in [0.25, 0.3) is 0 Å². The number of nitrogens with one attached hydrogen (secondary N) is 1. The summed E-state index contributed by atoms with van der Waals surface area (Å²) in [6.45, 7) is 2.06. The molecule has 0 fully saturated rings. The van der Waals surface area contributed by atoms with Gasteiger partial charge in [0.05, 0.1) is 6.04 Å². The van der Waals surface area contributed by atoms with Crippen molar-refractivity contribution in [3.63, 3.8) is 0 Å². The van der Waals surface area contributed by atoms with Crippen LogP contribution < -0.4 is 21.9 Å². The minimum absolute atomic E-state index is 0.0774. The van der Waals surface area contributed by atoms with E-state index >= 15 is 0 Å². The highest BCUT2D eigenvalue weighted by molar-refractivity contribution is 6.30. The maximum atomic E-state index is 6.02. The number of rotatable bonds is 4. The molecule has 0 saturated heterocycles. The molecular weight excluding hydrogens is 276 g/mol. The van der Waals surface area contributed by atoms with Crippen LogP contribution in [0.4, 0.5) is 17.6 Å². The number of nitrogen functional groups attached to an aromatic ring is 2. The van der Waals surface area contributed by atoms with Gasteiger partial charge in [-0.15, -0.1) is 0 Å². The van der Waals surface area contributed by atoms with Crippen molar-refractivity contribution in [3.05, 3.63) is 40.9 Å². The number of halogens is 1. The summed E-state index contributed by atoms with van der Waals surface area (Å²) in [5, 5.41) is 0.703. The smallest absolute Gasteiger partial charge is 0.223 e. The van der Waals surface area contributed by atoms with Gasteiger partial charge in [0.1, 0.15) is 11.6 Å². The Balaban J connectivity index is 2.30. The van der Waals surface area contributed by atoms with Gasteiger partial charge >= 0.3 is 0 Å². The molecule has 20 heavy (non-hydrogen) atoms. The molecule has 0 aliphatic carbocycles. The average Bonchev–Trinajstić information content (AvgIpc) is 2.45. The first-order valence-electron chi connectivity index (χ1n) is 6.10. The molecule has 7 heteroatoms. The second kappa shape index (κ2) is 5.94. The molecule has 0 amide bonds. The monoisotopic (exact) mass is 292 g/mol. The Hall–Kier alpha value is -2.05. The van der Waals surface area contributed by atoms with Crippen LogP contribution in [0, 0.1) is 0 Å². The van der Waals surface area contributed by atoms with Crippen molar-refractivity contribution in [1.29, 1.82) is 0 Å². The minimum atomic E-state index is 0.0774. The molecule has 0 radical (unpaired) electrons. The first kappa shape index (κ1) is 14.4. The first-order valence-corrected chi connectivity index (χ1v) is 6.48. The molecule has 1 aromatic heterocycles. The van der Waals surface area contributed by atoms with Crippen molar-refractivity contribution >= 4 is 29.2 Å². The largest absolute Gasteiger partial charge is 0.368 e. The van der Waals surface area contributed by atoms with Gasteiger partial charge in [0, 0.05) is 18.1 Å². The molecule has 1 aromatic carbocycles.